The molecule has 160 valence electrons. The van der Waals surface area contributed by atoms with Gasteiger partial charge in [0.25, 0.3) is 5.91 Å². The highest BCUT2D eigenvalue weighted by Gasteiger charge is 2.26. The van der Waals surface area contributed by atoms with Crippen LogP contribution in [0.15, 0.2) is 12.1 Å². The Morgan fingerprint density at radius 1 is 0.897 bits per heavy atom. The summed E-state index contributed by atoms with van der Waals surface area (Å²) in [6.07, 6.45) is 6.38. The first-order chi connectivity index (χ1) is 14.1. The molecule has 1 saturated heterocycles. The highest BCUT2D eigenvalue weighted by molar-refractivity contribution is 5.98. The summed E-state index contributed by atoms with van der Waals surface area (Å²) in [7, 11) is 0. The molecule has 0 unspecified atom stereocenters. The fourth-order valence-electron chi connectivity index (χ4n) is 3.90. The predicted molar refractivity (Wildman–Crippen MR) is 112 cm³/mol. The van der Waals surface area contributed by atoms with Crippen molar-refractivity contribution < 1.29 is 23.8 Å². The quantitative estimate of drug-likeness (QED) is 0.681. The van der Waals surface area contributed by atoms with Crippen molar-refractivity contribution in [3.63, 3.8) is 0 Å². The van der Waals surface area contributed by atoms with Gasteiger partial charge < -0.3 is 24.8 Å². The van der Waals surface area contributed by atoms with E-state index in [2.05, 4.69) is 10.6 Å². The Labute approximate surface area is 172 Å². The minimum atomic E-state index is -0.439. The van der Waals surface area contributed by atoms with Gasteiger partial charge >= 0.3 is 0 Å². The maximum absolute atomic E-state index is 12.7. The van der Waals surface area contributed by atoms with Gasteiger partial charge in [0, 0.05) is 24.7 Å². The van der Waals surface area contributed by atoms with Crippen molar-refractivity contribution >= 4 is 23.2 Å². The lowest BCUT2D eigenvalue weighted by Crippen LogP contribution is -2.27. The Kier molecular flexibility index (Phi) is 7.75. The summed E-state index contributed by atoms with van der Waals surface area (Å²) in [4.78, 5) is 25.2. The zero-order valence-corrected chi connectivity index (χ0v) is 17.4. The van der Waals surface area contributed by atoms with E-state index in [-0.39, 0.29) is 17.7 Å². The topological polar surface area (TPSA) is 85.9 Å². The van der Waals surface area contributed by atoms with Crippen molar-refractivity contribution in [1.82, 2.24) is 0 Å². The van der Waals surface area contributed by atoms with E-state index in [9.17, 15) is 9.59 Å². The van der Waals surface area contributed by atoms with Crippen LogP contribution in [-0.4, -0.2) is 37.7 Å². The highest BCUT2D eigenvalue weighted by atomic mass is 16.5. The molecular formula is C22H32N2O5. The van der Waals surface area contributed by atoms with Crippen LogP contribution in [0.4, 0.5) is 11.4 Å². The number of ether oxygens (including phenoxy) is 3. The number of carbonyl (C=O) groups is 2. The number of nitrogens with one attached hydrogen (secondary N) is 2. The van der Waals surface area contributed by atoms with Crippen LogP contribution < -0.4 is 20.1 Å². The molecule has 2 amide bonds. The molecule has 1 aliphatic heterocycles. The molecule has 1 aromatic rings. The molecule has 1 aliphatic carbocycles. The van der Waals surface area contributed by atoms with Crippen molar-refractivity contribution in [2.75, 3.05) is 30.5 Å². The number of carbonyl (C=O) groups excluding carboxylic acids is 2. The molecule has 0 aromatic heterocycles. The van der Waals surface area contributed by atoms with Gasteiger partial charge in [-0.1, -0.05) is 19.3 Å². The third kappa shape index (κ3) is 5.63. The molecule has 1 aromatic carbocycles. The first-order valence-corrected chi connectivity index (χ1v) is 10.8. The van der Waals surface area contributed by atoms with E-state index in [0.29, 0.717) is 49.1 Å². The molecule has 2 N–H and O–H groups in total. The summed E-state index contributed by atoms with van der Waals surface area (Å²) in [5.74, 6) is 0.880. The molecule has 3 rings (SSSR count). The van der Waals surface area contributed by atoms with Crippen LogP contribution in [0.25, 0.3) is 0 Å². The van der Waals surface area contributed by atoms with Gasteiger partial charge in [0.2, 0.25) is 5.91 Å². The molecule has 2 fully saturated rings. The average Bonchev–Trinajstić information content (AvgIpc) is 3.27. The maximum atomic E-state index is 12.7. The number of benzene rings is 1. The average molecular weight is 405 g/mol. The lowest BCUT2D eigenvalue weighted by molar-refractivity contribution is -0.124. The summed E-state index contributed by atoms with van der Waals surface area (Å²) in [6.45, 7) is 5.25. The fourth-order valence-corrected chi connectivity index (χ4v) is 3.90. The number of rotatable bonds is 8. The third-order valence-corrected chi connectivity index (χ3v) is 5.40. The molecule has 7 nitrogen and oxygen atoms in total. The molecule has 0 radical (unpaired) electrons. The Balaban J connectivity index is 1.82. The number of anilines is 2. The van der Waals surface area contributed by atoms with Gasteiger partial charge in [-0.25, -0.2) is 0 Å². The van der Waals surface area contributed by atoms with Crippen molar-refractivity contribution in [1.29, 1.82) is 0 Å². The Hall–Kier alpha value is -2.28. The summed E-state index contributed by atoms with van der Waals surface area (Å²) in [5, 5.41) is 5.92. The normalized spacial score (nSPS) is 19.6. The first kappa shape index (κ1) is 21.4. The molecule has 1 atom stereocenters. The van der Waals surface area contributed by atoms with Crippen LogP contribution in [-0.2, 0) is 14.3 Å². The van der Waals surface area contributed by atoms with E-state index in [4.69, 9.17) is 14.2 Å². The van der Waals surface area contributed by atoms with E-state index in [1.165, 1.54) is 6.42 Å². The summed E-state index contributed by atoms with van der Waals surface area (Å²) >= 11 is 0. The summed E-state index contributed by atoms with van der Waals surface area (Å²) in [5.41, 5.74) is 1.09. The number of hydrogen-bond donors (Lipinski definition) is 2. The second-order valence-corrected chi connectivity index (χ2v) is 7.53. The van der Waals surface area contributed by atoms with Gasteiger partial charge in [0.1, 0.15) is 17.6 Å². The Bertz CT molecular complexity index is 709. The molecule has 2 aliphatic rings. The first-order valence-electron chi connectivity index (χ1n) is 10.8. The molecule has 1 saturated carbocycles. The minimum Gasteiger partial charge on any atom is -0.492 e. The van der Waals surface area contributed by atoms with Crippen molar-refractivity contribution in [3.8, 4) is 11.5 Å². The van der Waals surface area contributed by atoms with E-state index >= 15 is 0 Å². The molecule has 0 spiro atoms. The van der Waals surface area contributed by atoms with E-state index < -0.39 is 6.10 Å². The fraction of sp³-hybridized carbons (Fsp3) is 0.636. The van der Waals surface area contributed by atoms with Gasteiger partial charge in [-0.2, -0.15) is 0 Å². The monoisotopic (exact) mass is 404 g/mol. The Morgan fingerprint density at radius 3 is 2.00 bits per heavy atom. The lowest BCUT2D eigenvalue weighted by atomic mass is 9.88. The smallest absolute Gasteiger partial charge is 0.253 e. The summed E-state index contributed by atoms with van der Waals surface area (Å²) in [6, 6.07) is 3.46. The van der Waals surface area contributed by atoms with Gasteiger partial charge in [0.15, 0.2) is 0 Å². The van der Waals surface area contributed by atoms with Crippen LogP contribution in [0.1, 0.15) is 58.8 Å². The van der Waals surface area contributed by atoms with E-state index in [1.807, 2.05) is 13.8 Å². The van der Waals surface area contributed by atoms with Crippen LogP contribution in [0.3, 0.4) is 0 Å². The molecule has 7 heteroatoms. The molecule has 1 heterocycles. The second-order valence-electron chi connectivity index (χ2n) is 7.53. The summed E-state index contributed by atoms with van der Waals surface area (Å²) < 4.78 is 17.0. The third-order valence-electron chi connectivity index (χ3n) is 5.40. The predicted octanol–water partition coefficient (Wildman–Crippen LogP) is 4.12. The van der Waals surface area contributed by atoms with E-state index in [1.54, 1.807) is 12.1 Å². The standard InChI is InChI=1S/C22H32N2O5/c1-3-27-19-14-17(24-22(26)18-11-8-12-29-18)20(28-4-2)13-16(19)23-21(25)15-9-6-5-7-10-15/h13-15,18H,3-12H2,1-2H3,(H,23,25)(H,24,26)/t18-/m0/s1. The zero-order chi connectivity index (χ0) is 20.6. The van der Waals surface area contributed by atoms with Crippen LogP contribution in [0, 0.1) is 5.92 Å². The van der Waals surface area contributed by atoms with Crippen LogP contribution >= 0.6 is 0 Å². The van der Waals surface area contributed by atoms with Crippen LogP contribution in [0.2, 0.25) is 0 Å². The number of amides is 2. The maximum Gasteiger partial charge on any atom is 0.253 e. The molecular weight excluding hydrogens is 372 g/mol. The van der Waals surface area contributed by atoms with Gasteiger partial charge in [-0.05, 0) is 39.5 Å². The Morgan fingerprint density at radius 2 is 1.48 bits per heavy atom. The largest absolute Gasteiger partial charge is 0.492 e. The van der Waals surface area contributed by atoms with Gasteiger partial charge in [-0.15, -0.1) is 0 Å². The highest BCUT2D eigenvalue weighted by Crippen LogP contribution is 2.38. The minimum absolute atomic E-state index is 0.0178. The molecule has 29 heavy (non-hydrogen) atoms. The number of hydrogen-bond acceptors (Lipinski definition) is 5. The van der Waals surface area contributed by atoms with Gasteiger partial charge in [-0.3, -0.25) is 9.59 Å². The van der Waals surface area contributed by atoms with E-state index in [0.717, 1.165) is 32.1 Å². The lowest BCUT2D eigenvalue weighted by Gasteiger charge is -2.23. The van der Waals surface area contributed by atoms with Gasteiger partial charge in [0.05, 0.1) is 24.6 Å². The second kappa shape index (κ2) is 10.5. The SMILES string of the molecule is CCOc1cc(NC(=O)[C@@H]2CCCO2)c(OCC)cc1NC(=O)C1CCCCC1. The molecule has 0 bridgehead atoms. The zero-order valence-electron chi connectivity index (χ0n) is 17.4. The van der Waals surface area contributed by atoms with Crippen molar-refractivity contribution in [2.45, 2.75) is 64.9 Å². The van der Waals surface area contributed by atoms with Crippen LogP contribution in [0.5, 0.6) is 11.5 Å². The van der Waals surface area contributed by atoms with Crippen molar-refractivity contribution in [2.24, 2.45) is 5.92 Å². The van der Waals surface area contributed by atoms with Crippen molar-refractivity contribution in [3.05, 3.63) is 12.1 Å².